The van der Waals surface area contributed by atoms with Gasteiger partial charge < -0.3 is 10.2 Å². The highest BCUT2D eigenvalue weighted by Gasteiger charge is 2.26. The number of hydrogen-bond donors (Lipinski definition) is 2. The van der Waals surface area contributed by atoms with E-state index < -0.39 is 0 Å². The summed E-state index contributed by atoms with van der Waals surface area (Å²) in [5.74, 6) is 1.28. The Morgan fingerprint density at radius 3 is 1.38 bits per heavy atom. The molecule has 0 spiro atoms. The Balaban J connectivity index is 2.39. The Hall–Kier alpha value is -2.74. The maximum atomic E-state index is 10.4. The van der Waals surface area contributed by atoms with Gasteiger partial charge in [0.05, 0.1) is 0 Å². The maximum absolute atomic E-state index is 10.4. The zero-order valence-electron chi connectivity index (χ0n) is 18.3. The van der Waals surface area contributed by atoms with Gasteiger partial charge in [0.15, 0.2) is 0 Å². The lowest BCUT2D eigenvalue weighted by molar-refractivity contribution is 0.469. The van der Waals surface area contributed by atoms with Crippen LogP contribution >= 0.6 is 0 Å². The zero-order chi connectivity index (χ0) is 21.3. The van der Waals surface area contributed by atoms with Gasteiger partial charge in [0, 0.05) is 5.92 Å². The van der Waals surface area contributed by atoms with Gasteiger partial charge in [-0.2, -0.15) is 0 Å². The number of aromatic hydroxyl groups is 2. The van der Waals surface area contributed by atoms with Crippen molar-refractivity contribution in [3.8, 4) is 11.5 Å². The number of phenols is 2. The third-order valence-corrected chi connectivity index (χ3v) is 5.80. The van der Waals surface area contributed by atoms with Crippen molar-refractivity contribution >= 4 is 0 Å². The van der Waals surface area contributed by atoms with E-state index in [9.17, 15) is 10.2 Å². The monoisotopic (exact) mass is 388 g/mol. The fraction of sp³-hybridized carbons (Fsp3) is 0.333. The van der Waals surface area contributed by atoms with E-state index in [2.05, 4.69) is 64.1 Å². The lowest BCUT2D eigenvalue weighted by Gasteiger charge is -2.28. The van der Waals surface area contributed by atoms with Gasteiger partial charge in [0.25, 0.3) is 0 Å². The molecule has 29 heavy (non-hydrogen) atoms. The first-order valence-corrected chi connectivity index (χ1v) is 10.4. The van der Waals surface area contributed by atoms with Gasteiger partial charge in [-0.1, -0.05) is 70.2 Å². The minimum absolute atomic E-state index is 0.0320. The molecule has 3 rings (SSSR count). The first-order chi connectivity index (χ1) is 13.7. The molecule has 0 heterocycles. The summed E-state index contributed by atoms with van der Waals surface area (Å²) in [5.41, 5.74) is 7.72. The van der Waals surface area contributed by atoms with Gasteiger partial charge in [-0.25, -0.2) is 0 Å². The molecule has 0 bridgehead atoms. The van der Waals surface area contributed by atoms with Gasteiger partial charge in [-0.15, -0.1) is 0 Å². The summed E-state index contributed by atoms with van der Waals surface area (Å²) >= 11 is 0. The van der Waals surface area contributed by atoms with Crippen LogP contribution < -0.4 is 0 Å². The van der Waals surface area contributed by atoms with Gasteiger partial charge >= 0.3 is 0 Å². The summed E-state index contributed by atoms with van der Waals surface area (Å²) in [7, 11) is 0. The molecule has 0 unspecified atom stereocenters. The van der Waals surface area contributed by atoms with E-state index in [4.69, 9.17) is 0 Å². The molecule has 0 saturated heterocycles. The molecule has 0 amide bonds. The minimum Gasteiger partial charge on any atom is -0.508 e. The molecule has 0 radical (unpaired) electrons. The number of phenolic OH excluding ortho intramolecular Hbond substituents is 2. The van der Waals surface area contributed by atoms with Crippen LogP contribution in [0.15, 0.2) is 54.6 Å². The molecule has 2 N–H and O–H groups in total. The summed E-state index contributed by atoms with van der Waals surface area (Å²) in [6.07, 6.45) is 0. The number of benzene rings is 3. The van der Waals surface area contributed by atoms with Crippen LogP contribution in [-0.2, 0) is 0 Å². The minimum atomic E-state index is 0.0320. The Labute approximate surface area is 174 Å². The van der Waals surface area contributed by atoms with Crippen molar-refractivity contribution in [3.05, 3.63) is 93.5 Å². The van der Waals surface area contributed by atoms with Crippen molar-refractivity contribution < 1.29 is 10.2 Å². The smallest absolute Gasteiger partial charge is 0.118 e. The first kappa shape index (κ1) is 21.0. The lowest BCUT2D eigenvalue weighted by atomic mass is 9.76. The molecule has 0 aromatic heterocycles. The molecule has 0 aliphatic heterocycles. The molecule has 3 aromatic carbocycles. The highest BCUT2D eigenvalue weighted by molar-refractivity contribution is 5.56. The van der Waals surface area contributed by atoms with Crippen molar-refractivity contribution in [3.63, 3.8) is 0 Å². The van der Waals surface area contributed by atoms with Gasteiger partial charge in [-0.05, 0) is 76.8 Å². The van der Waals surface area contributed by atoms with E-state index in [0.717, 1.165) is 22.3 Å². The SMILES string of the molecule is Cc1cc(C(c2ccccc2)c2cc(C)c(O)cc2C(C)C)c(C(C)C)cc1O. The van der Waals surface area contributed by atoms with E-state index in [1.165, 1.54) is 16.7 Å². The molecule has 0 atom stereocenters. The molecular weight excluding hydrogens is 356 g/mol. The second kappa shape index (κ2) is 8.32. The summed E-state index contributed by atoms with van der Waals surface area (Å²) in [5, 5.41) is 20.8. The molecule has 0 fully saturated rings. The summed E-state index contributed by atoms with van der Waals surface area (Å²) in [6, 6.07) is 18.6. The standard InChI is InChI=1S/C27H32O2/c1-16(2)21-14-25(28)18(5)12-23(21)27(20-10-8-7-9-11-20)24-13-19(6)26(29)15-22(24)17(3)4/h7-17,27-29H,1-6H3. The summed E-state index contributed by atoms with van der Waals surface area (Å²) < 4.78 is 0. The average Bonchev–Trinajstić information content (AvgIpc) is 2.67. The average molecular weight is 389 g/mol. The summed E-state index contributed by atoms with van der Waals surface area (Å²) in [4.78, 5) is 0. The quantitative estimate of drug-likeness (QED) is 0.456. The first-order valence-electron chi connectivity index (χ1n) is 10.4. The van der Waals surface area contributed by atoms with E-state index in [0.29, 0.717) is 11.5 Å². The number of aryl methyl sites for hydroxylation is 2. The normalized spacial score (nSPS) is 11.6. The van der Waals surface area contributed by atoms with Crippen molar-refractivity contribution in [2.75, 3.05) is 0 Å². The molecule has 2 nitrogen and oxygen atoms in total. The van der Waals surface area contributed by atoms with E-state index in [1.54, 1.807) is 0 Å². The van der Waals surface area contributed by atoms with Crippen LogP contribution in [0, 0.1) is 13.8 Å². The second-order valence-electron chi connectivity index (χ2n) is 8.69. The second-order valence-corrected chi connectivity index (χ2v) is 8.69. The predicted molar refractivity (Wildman–Crippen MR) is 121 cm³/mol. The van der Waals surface area contributed by atoms with E-state index in [-0.39, 0.29) is 17.8 Å². The molecule has 0 aliphatic rings. The molecular formula is C27H32O2. The fourth-order valence-electron chi connectivity index (χ4n) is 4.14. The number of rotatable bonds is 5. The van der Waals surface area contributed by atoms with E-state index in [1.807, 2.05) is 32.0 Å². The molecule has 0 aliphatic carbocycles. The van der Waals surface area contributed by atoms with Crippen LogP contribution in [0.4, 0.5) is 0 Å². The summed E-state index contributed by atoms with van der Waals surface area (Å²) in [6.45, 7) is 12.6. The molecule has 2 heteroatoms. The van der Waals surface area contributed by atoms with Crippen LogP contribution in [0.2, 0.25) is 0 Å². The third-order valence-electron chi connectivity index (χ3n) is 5.80. The third kappa shape index (κ3) is 4.17. The Morgan fingerprint density at radius 1 is 0.586 bits per heavy atom. The maximum Gasteiger partial charge on any atom is 0.118 e. The van der Waals surface area contributed by atoms with Crippen molar-refractivity contribution in [1.82, 2.24) is 0 Å². The largest absolute Gasteiger partial charge is 0.508 e. The van der Waals surface area contributed by atoms with Crippen LogP contribution in [0.1, 0.15) is 84.4 Å². The Kier molecular flexibility index (Phi) is 6.02. The zero-order valence-corrected chi connectivity index (χ0v) is 18.3. The van der Waals surface area contributed by atoms with E-state index >= 15 is 0 Å². The van der Waals surface area contributed by atoms with Crippen LogP contribution in [-0.4, -0.2) is 10.2 Å². The predicted octanol–water partition coefficient (Wildman–Crippen LogP) is 7.14. The topological polar surface area (TPSA) is 40.5 Å². The highest BCUT2D eigenvalue weighted by Crippen LogP contribution is 2.43. The van der Waals surface area contributed by atoms with Crippen molar-refractivity contribution in [2.24, 2.45) is 0 Å². The van der Waals surface area contributed by atoms with Gasteiger partial charge in [0.2, 0.25) is 0 Å². The van der Waals surface area contributed by atoms with Crippen LogP contribution in [0.5, 0.6) is 11.5 Å². The number of hydrogen-bond acceptors (Lipinski definition) is 2. The van der Waals surface area contributed by atoms with Crippen LogP contribution in [0.25, 0.3) is 0 Å². The molecule has 0 saturated carbocycles. The lowest BCUT2D eigenvalue weighted by Crippen LogP contribution is -2.12. The van der Waals surface area contributed by atoms with Gasteiger partial charge in [0.1, 0.15) is 11.5 Å². The van der Waals surface area contributed by atoms with Crippen LogP contribution in [0.3, 0.4) is 0 Å². The highest BCUT2D eigenvalue weighted by atomic mass is 16.3. The Bertz CT molecular complexity index is 937. The molecule has 3 aromatic rings. The van der Waals surface area contributed by atoms with Crippen molar-refractivity contribution in [1.29, 1.82) is 0 Å². The fourth-order valence-corrected chi connectivity index (χ4v) is 4.14. The Morgan fingerprint density at radius 2 is 1.00 bits per heavy atom. The van der Waals surface area contributed by atoms with Crippen molar-refractivity contribution in [2.45, 2.75) is 59.3 Å². The molecule has 152 valence electrons. The van der Waals surface area contributed by atoms with Gasteiger partial charge in [-0.3, -0.25) is 0 Å².